The number of amides is 3. The van der Waals surface area contributed by atoms with Gasteiger partial charge in [-0.2, -0.15) is 0 Å². The molecule has 0 aromatic heterocycles. The van der Waals surface area contributed by atoms with Crippen molar-refractivity contribution in [2.24, 2.45) is 0 Å². The molecule has 0 spiro atoms. The van der Waals surface area contributed by atoms with Crippen LogP contribution in [0.25, 0.3) is 0 Å². The van der Waals surface area contributed by atoms with Crippen molar-refractivity contribution in [1.82, 2.24) is 21.7 Å². The third-order valence-electron chi connectivity index (χ3n) is 3.79. The minimum Gasteiger partial charge on any atom is -0.286 e. The zero-order chi connectivity index (χ0) is 22.3. The number of nitrogens with zero attached hydrogens (tertiary/aromatic N) is 2. The zero-order valence-electron chi connectivity index (χ0n) is 15.4. The van der Waals surface area contributed by atoms with Gasteiger partial charge in [-0.15, -0.1) is 0 Å². The number of hydrogen-bond acceptors (Lipinski definition) is 8. The van der Waals surface area contributed by atoms with E-state index in [9.17, 15) is 34.6 Å². The fourth-order valence-corrected chi connectivity index (χ4v) is 2.25. The van der Waals surface area contributed by atoms with Crippen molar-refractivity contribution >= 4 is 29.1 Å². The van der Waals surface area contributed by atoms with Crippen molar-refractivity contribution in [3.8, 4) is 0 Å². The fourth-order valence-electron chi connectivity index (χ4n) is 2.25. The van der Waals surface area contributed by atoms with Crippen LogP contribution in [0.15, 0.2) is 48.5 Å². The molecule has 0 radical (unpaired) electrons. The molecule has 1 atom stereocenters. The Hall–Kier alpha value is -4.39. The highest BCUT2D eigenvalue weighted by Gasteiger charge is 2.22. The van der Waals surface area contributed by atoms with E-state index in [0.717, 1.165) is 12.1 Å². The molecule has 2 aromatic carbocycles. The summed E-state index contributed by atoms with van der Waals surface area (Å²) in [6.07, 6.45) is 0. The average molecular weight is 416 g/mol. The first-order valence-electron chi connectivity index (χ1n) is 8.35. The highest BCUT2D eigenvalue weighted by molar-refractivity contribution is 5.99. The van der Waals surface area contributed by atoms with Gasteiger partial charge in [0.25, 0.3) is 29.1 Å². The van der Waals surface area contributed by atoms with Crippen molar-refractivity contribution in [2.75, 3.05) is 0 Å². The number of benzene rings is 2. The molecule has 13 heteroatoms. The summed E-state index contributed by atoms with van der Waals surface area (Å²) in [4.78, 5) is 56.7. The molecule has 156 valence electrons. The summed E-state index contributed by atoms with van der Waals surface area (Å²) in [5, 5.41) is 21.9. The van der Waals surface area contributed by atoms with E-state index >= 15 is 0 Å². The van der Waals surface area contributed by atoms with Gasteiger partial charge >= 0.3 is 0 Å². The Labute approximate surface area is 168 Å². The van der Waals surface area contributed by atoms with E-state index in [1.54, 1.807) is 0 Å². The number of nitro groups is 2. The third-order valence-corrected chi connectivity index (χ3v) is 3.79. The second-order valence-corrected chi connectivity index (χ2v) is 5.81. The van der Waals surface area contributed by atoms with Gasteiger partial charge in [0, 0.05) is 12.1 Å². The Bertz CT molecular complexity index is 1010. The second-order valence-electron chi connectivity index (χ2n) is 5.81. The van der Waals surface area contributed by atoms with E-state index in [1.807, 2.05) is 5.43 Å². The van der Waals surface area contributed by atoms with Gasteiger partial charge in [-0.05, 0) is 19.1 Å². The normalized spacial score (nSPS) is 11.1. The summed E-state index contributed by atoms with van der Waals surface area (Å²) in [6, 6.07) is 9.34. The Morgan fingerprint density at radius 3 is 1.67 bits per heavy atom. The van der Waals surface area contributed by atoms with Gasteiger partial charge in [0.2, 0.25) is 0 Å². The minimum absolute atomic E-state index is 0.215. The molecule has 2 rings (SSSR count). The smallest absolute Gasteiger partial charge is 0.282 e. The first-order valence-corrected chi connectivity index (χ1v) is 8.35. The SMILES string of the molecule is CC(NNC(=O)c1ccccc1[N+](=O)[O-])C(=O)NNC(=O)c1ccccc1[N+](=O)[O-]. The van der Waals surface area contributed by atoms with Crippen molar-refractivity contribution in [1.29, 1.82) is 0 Å². The van der Waals surface area contributed by atoms with Crippen molar-refractivity contribution < 1.29 is 24.2 Å². The molecule has 0 fully saturated rings. The molecule has 1 unspecified atom stereocenters. The van der Waals surface area contributed by atoms with E-state index < -0.39 is 45.0 Å². The number of carbonyl (C=O) groups excluding carboxylic acids is 3. The molecule has 13 nitrogen and oxygen atoms in total. The van der Waals surface area contributed by atoms with E-state index in [4.69, 9.17) is 0 Å². The maximum Gasteiger partial charge on any atom is 0.282 e. The maximum atomic E-state index is 12.1. The summed E-state index contributed by atoms with van der Waals surface area (Å²) in [5.74, 6) is -2.54. The lowest BCUT2D eigenvalue weighted by atomic mass is 10.2. The quantitative estimate of drug-likeness (QED) is 0.373. The highest BCUT2D eigenvalue weighted by Crippen LogP contribution is 2.17. The molecule has 2 aromatic rings. The molecular formula is C17H16N6O7. The lowest BCUT2D eigenvalue weighted by Crippen LogP contribution is -2.54. The second kappa shape index (κ2) is 9.70. The topological polar surface area (TPSA) is 186 Å². The van der Waals surface area contributed by atoms with Crippen molar-refractivity contribution in [3.05, 3.63) is 79.9 Å². The van der Waals surface area contributed by atoms with Gasteiger partial charge in [0.15, 0.2) is 0 Å². The molecule has 4 N–H and O–H groups in total. The summed E-state index contributed by atoms with van der Waals surface area (Å²) < 4.78 is 0. The number of nitrogens with one attached hydrogen (secondary N) is 4. The molecule has 0 bridgehead atoms. The lowest BCUT2D eigenvalue weighted by Gasteiger charge is -2.15. The molecular weight excluding hydrogens is 400 g/mol. The first kappa shape index (κ1) is 21.9. The number of hydrogen-bond donors (Lipinski definition) is 4. The molecule has 30 heavy (non-hydrogen) atoms. The Morgan fingerprint density at radius 2 is 1.20 bits per heavy atom. The number of carbonyl (C=O) groups is 3. The van der Waals surface area contributed by atoms with Crippen LogP contribution in [0.5, 0.6) is 0 Å². The zero-order valence-corrected chi connectivity index (χ0v) is 15.4. The van der Waals surface area contributed by atoms with Crippen LogP contribution in [0, 0.1) is 20.2 Å². The molecule has 0 aliphatic heterocycles. The lowest BCUT2D eigenvalue weighted by molar-refractivity contribution is -0.385. The van der Waals surface area contributed by atoms with E-state index in [1.165, 1.54) is 43.3 Å². The molecule has 0 aliphatic carbocycles. The fraction of sp³-hybridized carbons (Fsp3) is 0.118. The Kier molecular flexibility index (Phi) is 7.08. The largest absolute Gasteiger partial charge is 0.286 e. The molecule has 0 saturated carbocycles. The third kappa shape index (κ3) is 5.32. The van der Waals surface area contributed by atoms with Gasteiger partial charge in [-0.1, -0.05) is 24.3 Å². The first-order chi connectivity index (χ1) is 14.2. The number of rotatable bonds is 7. The van der Waals surface area contributed by atoms with Gasteiger partial charge in [0.05, 0.1) is 9.85 Å². The van der Waals surface area contributed by atoms with Gasteiger partial charge in [-0.25, -0.2) is 5.43 Å². The monoisotopic (exact) mass is 416 g/mol. The number of hydrazine groups is 2. The predicted octanol–water partition coefficient (Wildman–Crippen LogP) is 0.587. The van der Waals surface area contributed by atoms with E-state index in [2.05, 4.69) is 16.3 Å². The summed E-state index contributed by atoms with van der Waals surface area (Å²) >= 11 is 0. The standard InChI is InChI=1S/C17H16N6O7/c1-10(18-20-16(25)11-6-2-4-8-13(11)22(27)28)15(24)19-21-17(26)12-7-3-5-9-14(12)23(29)30/h2-10,18H,1H3,(H,19,24)(H,20,25)(H,21,26). The van der Waals surface area contributed by atoms with Crippen molar-refractivity contribution in [2.45, 2.75) is 13.0 Å². The molecule has 0 saturated heterocycles. The van der Waals surface area contributed by atoms with Crippen LogP contribution in [0.2, 0.25) is 0 Å². The molecule has 3 amide bonds. The van der Waals surface area contributed by atoms with Crippen LogP contribution in [-0.2, 0) is 4.79 Å². The molecule has 0 aliphatic rings. The maximum absolute atomic E-state index is 12.1. The number of nitro benzene ring substituents is 2. The van der Waals surface area contributed by atoms with E-state index in [-0.39, 0.29) is 11.1 Å². The van der Waals surface area contributed by atoms with Crippen molar-refractivity contribution in [3.63, 3.8) is 0 Å². The highest BCUT2D eigenvalue weighted by atomic mass is 16.6. The summed E-state index contributed by atoms with van der Waals surface area (Å²) in [6.45, 7) is 1.34. The van der Waals surface area contributed by atoms with Gasteiger partial charge in [-0.3, -0.25) is 50.9 Å². The molecule has 0 heterocycles. The average Bonchev–Trinajstić information content (AvgIpc) is 2.75. The van der Waals surface area contributed by atoms with Crippen LogP contribution in [0.4, 0.5) is 11.4 Å². The number of para-hydroxylation sites is 2. The minimum atomic E-state index is -1.07. The Morgan fingerprint density at radius 1 is 0.767 bits per heavy atom. The van der Waals surface area contributed by atoms with Gasteiger partial charge < -0.3 is 0 Å². The van der Waals surface area contributed by atoms with Crippen LogP contribution < -0.4 is 21.7 Å². The van der Waals surface area contributed by atoms with Crippen LogP contribution in [0.1, 0.15) is 27.6 Å². The Balaban J connectivity index is 1.91. The van der Waals surface area contributed by atoms with E-state index in [0.29, 0.717) is 0 Å². The van der Waals surface area contributed by atoms with Crippen LogP contribution in [-0.4, -0.2) is 33.6 Å². The van der Waals surface area contributed by atoms with Gasteiger partial charge in [0.1, 0.15) is 17.2 Å². The summed E-state index contributed by atoms with van der Waals surface area (Å²) in [5.41, 5.74) is 7.28. The van der Waals surface area contributed by atoms with Crippen LogP contribution in [0.3, 0.4) is 0 Å². The predicted molar refractivity (Wildman–Crippen MR) is 102 cm³/mol. The summed E-state index contributed by atoms with van der Waals surface area (Å²) in [7, 11) is 0. The van der Waals surface area contributed by atoms with Crippen LogP contribution >= 0.6 is 0 Å².